The number of nitrogens with two attached hydrogens (primary N) is 1. The number of aryl methyl sites for hydroxylation is 1. The number of hydrogen-bond acceptors (Lipinski definition) is 3. The van der Waals surface area contributed by atoms with Crippen LogP contribution in [0.15, 0.2) is 30.5 Å². The molecule has 2 aromatic rings. The highest BCUT2D eigenvalue weighted by atomic mass is 15.2. The van der Waals surface area contributed by atoms with E-state index < -0.39 is 0 Å². The Morgan fingerprint density at radius 1 is 1.35 bits per heavy atom. The fourth-order valence-corrected chi connectivity index (χ4v) is 1.90. The summed E-state index contributed by atoms with van der Waals surface area (Å²) in [6.07, 6.45) is 1.77. The van der Waals surface area contributed by atoms with Crippen LogP contribution in [0.1, 0.15) is 18.1 Å². The second-order valence-corrected chi connectivity index (χ2v) is 4.11. The number of nitrogen functional groups attached to an aromatic ring is 1. The number of benzene rings is 1. The quantitative estimate of drug-likeness (QED) is 0.847. The smallest absolute Gasteiger partial charge is 0.142 e. The van der Waals surface area contributed by atoms with E-state index in [1.165, 1.54) is 11.1 Å². The van der Waals surface area contributed by atoms with Crippen molar-refractivity contribution in [2.24, 2.45) is 0 Å². The molecule has 4 nitrogen and oxygen atoms in total. The molecule has 17 heavy (non-hydrogen) atoms. The molecular weight excluding hydrogens is 212 g/mol. The van der Waals surface area contributed by atoms with E-state index in [1.807, 2.05) is 0 Å². The summed E-state index contributed by atoms with van der Waals surface area (Å²) in [4.78, 5) is 2.21. The SMILES string of the molecule is CCN(Cc1ccccc1C)c1cn[nH]c1N. The Labute approximate surface area is 101 Å². The Balaban J connectivity index is 2.22. The zero-order chi connectivity index (χ0) is 12.3. The van der Waals surface area contributed by atoms with Crippen LogP contribution in [0.4, 0.5) is 11.5 Å². The number of aromatic amines is 1. The summed E-state index contributed by atoms with van der Waals surface area (Å²) in [5.74, 6) is 0.625. The molecule has 0 unspecified atom stereocenters. The van der Waals surface area contributed by atoms with E-state index in [4.69, 9.17) is 5.73 Å². The zero-order valence-corrected chi connectivity index (χ0v) is 10.3. The lowest BCUT2D eigenvalue weighted by atomic mass is 10.1. The van der Waals surface area contributed by atoms with Crippen LogP contribution in [-0.2, 0) is 6.54 Å². The van der Waals surface area contributed by atoms with Gasteiger partial charge in [0.05, 0.1) is 11.9 Å². The van der Waals surface area contributed by atoms with Crippen LogP contribution in [0, 0.1) is 6.92 Å². The molecule has 0 spiro atoms. The molecule has 0 aliphatic rings. The lowest BCUT2D eigenvalue weighted by molar-refractivity contribution is 0.829. The van der Waals surface area contributed by atoms with E-state index in [0.717, 1.165) is 18.8 Å². The highest BCUT2D eigenvalue weighted by Crippen LogP contribution is 2.22. The minimum absolute atomic E-state index is 0.625. The van der Waals surface area contributed by atoms with Gasteiger partial charge in [-0.05, 0) is 25.0 Å². The molecule has 1 aromatic heterocycles. The molecule has 0 saturated carbocycles. The molecule has 0 radical (unpaired) electrons. The lowest BCUT2D eigenvalue weighted by Gasteiger charge is -2.22. The lowest BCUT2D eigenvalue weighted by Crippen LogP contribution is -2.22. The van der Waals surface area contributed by atoms with Crippen LogP contribution in [0.3, 0.4) is 0 Å². The summed E-state index contributed by atoms with van der Waals surface area (Å²) in [6.45, 7) is 6.00. The first-order chi connectivity index (χ1) is 8.22. The molecule has 0 saturated heterocycles. The minimum Gasteiger partial charge on any atom is -0.382 e. The summed E-state index contributed by atoms with van der Waals surface area (Å²) in [5.41, 5.74) is 9.43. The average Bonchev–Trinajstić information content (AvgIpc) is 2.75. The molecule has 0 atom stereocenters. The summed E-state index contributed by atoms with van der Waals surface area (Å²) >= 11 is 0. The molecule has 0 amide bonds. The summed E-state index contributed by atoms with van der Waals surface area (Å²) in [6, 6.07) is 8.40. The van der Waals surface area contributed by atoms with Gasteiger partial charge in [0.15, 0.2) is 0 Å². The number of H-pyrrole nitrogens is 1. The van der Waals surface area contributed by atoms with Crippen LogP contribution in [0.2, 0.25) is 0 Å². The molecule has 0 aliphatic heterocycles. The van der Waals surface area contributed by atoms with Crippen molar-refractivity contribution in [2.45, 2.75) is 20.4 Å². The molecule has 0 bridgehead atoms. The van der Waals surface area contributed by atoms with E-state index in [0.29, 0.717) is 5.82 Å². The van der Waals surface area contributed by atoms with Crippen LogP contribution < -0.4 is 10.6 Å². The predicted molar refractivity (Wildman–Crippen MR) is 70.9 cm³/mol. The maximum atomic E-state index is 5.85. The van der Waals surface area contributed by atoms with Crippen LogP contribution >= 0.6 is 0 Å². The average molecular weight is 230 g/mol. The number of hydrogen-bond donors (Lipinski definition) is 2. The third-order valence-corrected chi connectivity index (χ3v) is 2.99. The fourth-order valence-electron chi connectivity index (χ4n) is 1.90. The van der Waals surface area contributed by atoms with Crippen LogP contribution in [0.25, 0.3) is 0 Å². The normalized spacial score (nSPS) is 10.5. The number of aromatic nitrogens is 2. The van der Waals surface area contributed by atoms with E-state index in [1.54, 1.807) is 6.20 Å². The predicted octanol–water partition coefficient (Wildman–Crippen LogP) is 2.33. The van der Waals surface area contributed by atoms with Crippen molar-refractivity contribution in [2.75, 3.05) is 17.2 Å². The fraction of sp³-hybridized carbons (Fsp3) is 0.308. The van der Waals surface area contributed by atoms with Crippen molar-refractivity contribution in [3.05, 3.63) is 41.6 Å². The van der Waals surface area contributed by atoms with Crippen molar-refractivity contribution in [1.82, 2.24) is 10.2 Å². The Morgan fingerprint density at radius 2 is 2.12 bits per heavy atom. The van der Waals surface area contributed by atoms with Gasteiger partial charge in [-0.3, -0.25) is 5.10 Å². The molecule has 1 aromatic carbocycles. The first kappa shape index (κ1) is 11.5. The first-order valence-corrected chi connectivity index (χ1v) is 5.80. The minimum atomic E-state index is 0.625. The maximum Gasteiger partial charge on any atom is 0.142 e. The zero-order valence-electron chi connectivity index (χ0n) is 10.3. The molecular formula is C13H18N4. The third kappa shape index (κ3) is 2.41. The molecule has 4 heteroatoms. The monoisotopic (exact) mass is 230 g/mol. The van der Waals surface area contributed by atoms with E-state index in [-0.39, 0.29) is 0 Å². The van der Waals surface area contributed by atoms with Crippen molar-refractivity contribution in [3.8, 4) is 0 Å². The van der Waals surface area contributed by atoms with Gasteiger partial charge in [0.1, 0.15) is 5.82 Å². The van der Waals surface area contributed by atoms with Crippen molar-refractivity contribution in [1.29, 1.82) is 0 Å². The largest absolute Gasteiger partial charge is 0.382 e. The molecule has 0 aliphatic carbocycles. The van der Waals surface area contributed by atoms with Crippen molar-refractivity contribution in [3.63, 3.8) is 0 Å². The molecule has 90 valence electrons. The van der Waals surface area contributed by atoms with Gasteiger partial charge in [-0.1, -0.05) is 24.3 Å². The molecule has 1 heterocycles. The van der Waals surface area contributed by atoms with E-state index in [2.05, 4.69) is 53.2 Å². The van der Waals surface area contributed by atoms with Gasteiger partial charge < -0.3 is 10.6 Å². The van der Waals surface area contributed by atoms with Crippen molar-refractivity contribution >= 4 is 11.5 Å². The van der Waals surface area contributed by atoms with Gasteiger partial charge in [0, 0.05) is 13.1 Å². The summed E-state index contributed by atoms with van der Waals surface area (Å²) in [7, 11) is 0. The maximum absolute atomic E-state index is 5.85. The topological polar surface area (TPSA) is 57.9 Å². The van der Waals surface area contributed by atoms with Crippen molar-refractivity contribution < 1.29 is 0 Å². The Bertz CT molecular complexity index is 490. The Hall–Kier alpha value is -1.97. The highest BCUT2D eigenvalue weighted by molar-refractivity contribution is 5.62. The first-order valence-electron chi connectivity index (χ1n) is 5.80. The van der Waals surface area contributed by atoms with Gasteiger partial charge in [-0.2, -0.15) is 5.10 Å². The van der Waals surface area contributed by atoms with E-state index in [9.17, 15) is 0 Å². The van der Waals surface area contributed by atoms with Crippen LogP contribution in [-0.4, -0.2) is 16.7 Å². The van der Waals surface area contributed by atoms with Gasteiger partial charge in [-0.25, -0.2) is 0 Å². The highest BCUT2D eigenvalue weighted by Gasteiger charge is 2.11. The molecule has 2 rings (SSSR count). The van der Waals surface area contributed by atoms with E-state index >= 15 is 0 Å². The van der Waals surface area contributed by atoms with Gasteiger partial charge in [-0.15, -0.1) is 0 Å². The number of nitrogens with zero attached hydrogens (tertiary/aromatic N) is 2. The van der Waals surface area contributed by atoms with Gasteiger partial charge >= 0.3 is 0 Å². The summed E-state index contributed by atoms with van der Waals surface area (Å²) < 4.78 is 0. The second kappa shape index (κ2) is 4.91. The molecule has 3 N–H and O–H groups in total. The second-order valence-electron chi connectivity index (χ2n) is 4.11. The number of anilines is 2. The standard InChI is InChI=1S/C13H18N4/c1-3-17(12-8-15-16-13(12)14)9-11-7-5-4-6-10(11)2/h4-8H,3,9H2,1-2H3,(H3,14,15,16). The number of rotatable bonds is 4. The number of nitrogens with one attached hydrogen (secondary N) is 1. The Kier molecular flexibility index (Phi) is 3.32. The third-order valence-electron chi connectivity index (χ3n) is 2.99. The summed E-state index contributed by atoms with van der Waals surface area (Å²) in [5, 5.41) is 6.73. The molecule has 0 fully saturated rings. The van der Waals surface area contributed by atoms with Crippen LogP contribution in [0.5, 0.6) is 0 Å². The van der Waals surface area contributed by atoms with Gasteiger partial charge in [0.2, 0.25) is 0 Å². The van der Waals surface area contributed by atoms with Gasteiger partial charge in [0.25, 0.3) is 0 Å². The Morgan fingerprint density at radius 3 is 2.71 bits per heavy atom.